The van der Waals surface area contributed by atoms with Gasteiger partial charge in [-0.3, -0.25) is 14.4 Å². The van der Waals surface area contributed by atoms with Crippen molar-refractivity contribution in [3.05, 3.63) is 123 Å². The van der Waals surface area contributed by atoms with Crippen LogP contribution in [0.1, 0.15) is 95.4 Å². The van der Waals surface area contributed by atoms with Crippen LogP contribution in [0.3, 0.4) is 0 Å². The highest BCUT2D eigenvalue weighted by molar-refractivity contribution is 5.75. The minimum absolute atomic E-state index is 0.0762. The van der Waals surface area contributed by atoms with Gasteiger partial charge in [0.25, 0.3) is 0 Å². The summed E-state index contributed by atoms with van der Waals surface area (Å²) >= 11 is 0. The Morgan fingerprint density at radius 1 is 0.381 bits per heavy atom. The molecule has 3 heterocycles. The second-order valence-electron chi connectivity index (χ2n) is 19.6. The summed E-state index contributed by atoms with van der Waals surface area (Å²) in [6, 6.07) is 22.7. The van der Waals surface area contributed by atoms with Crippen LogP contribution in [-0.2, 0) is 35.0 Å². The van der Waals surface area contributed by atoms with Crippen LogP contribution >= 0.6 is 0 Å². The first-order chi connectivity index (χ1) is 40.6. The van der Waals surface area contributed by atoms with Crippen molar-refractivity contribution in [1.29, 1.82) is 0 Å². The SMILES string of the molecule is COc1ccc2c(c1)OC(c1cc(OC)c(OC)c(OC)c1)C(OC(C)=O)C2c1c2c(c3c(c1OC)C(c1ccc(OC)cc1OC)C(OC(C)=O)C(c1cc(OC)c(OC)c(OC)c1)O3)CC(OC(C)=O)C(c1ccc(OC)c(OC)c1)O2. The normalized spacial score (nSPS) is 20.0. The van der Waals surface area contributed by atoms with Crippen LogP contribution in [0.25, 0.3) is 0 Å². The van der Waals surface area contributed by atoms with E-state index in [1.165, 1.54) is 106 Å². The van der Waals surface area contributed by atoms with Crippen molar-refractivity contribution in [3.63, 3.8) is 0 Å². The van der Waals surface area contributed by atoms with Gasteiger partial charge in [0.1, 0.15) is 46.4 Å². The van der Waals surface area contributed by atoms with Gasteiger partial charge in [0.2, 0.25) is 11.5 Å². The Balaban J connectivity index is 1.48. The Bertz CT molecular complexity index is 3400. The van der Waals surface area contributed by atoms with Crippen LogP contribution < -0.4 is 71.1 Å². The molecule has 6 aromatic rings. The number of benzene rings is 6. The van der Waals surface area contributed by atoms with Gasteiger partial charge >= 0.3 is 17.9 Å². The minimum Gasteiger partial charge on any atom is -0.497 e. The molecule has 0 spiro atoms. The summed E-state index contributed by atoms with van der Waals surface area (Å²) in [5, 5.41) is 0. The van der Waals surface area contributed by atoms with Crippen molar-refractivity contribution < 1.29 is 99.6 Å². The number of hydrogen-bond acceptors (Lipinski definition) is 21. The molecule has 0 aromatic heterocycles. The van der Waals surface area contributed by atoms with Gasteiger partial charge in [-0.1, -0.05) is 18.2 Å². The largest absolute Gasteiger partial charge is 0.497 e. The summed E-state index contributed by atoms with van der Waals surface area (Å²) in [6.07, 6.45) is -7.12. The first-order valence-electron chi connectivity index (χ1n) is 26.6. The zero-order valence-corrected chi connectivity index (χ0v) is 49.4. The predicted octanol–water partition coefficient (Wildman–Crippen LogP) is 9.79. The van der Waals surface area contributed by atoms with E-state index in [1.807, 2.05) is 12.1 Å². The highest BCUT2D eigenvalue weighted by atomic mass is 16.6. The van der Waals surface area contributed by atoms with Crippen LogP contribution in [0.4, 0.5) is 0 Å². The molecule has 8 unspecified atom stereocenters. The molecule has 0 saturated heterocycles. The van der Waals surface area contributed by atoms with E-state index in [0.717, 1.165) is 0 Å². The second-order valence-corrected chi connectivity index (χ2v) is 19.6. The Kier molecular flexibility index (Phi) is 17.7. The topological polar surface area (TPSA) is 217 Å². The molecule has 0 amide bonds. The Morgan fingerprint density at radius 3 is 1.26 bits per heavy atom. The average molecular weight is 1160 g/mol. The lowest BCUT2D eigenvalue weighted by molar-refractivity contribution is -0.154. The third kappa shape index (κ3) is 10.8. The van der Waals surface area contributed by atoms with Crippen molar-refractivity contribution in [2.45, 2.75) is 75.7 Å². The monoisotopic (exact) mass is 1160 g/mol. The van der Waals surface area contributed by atoms with E-state index in [-0.39, 0.29) is 46.7 Å². The zero-order valence-electron chi connectivity index (χ0n) is 49.4. The van der Waals surface area contributed by atoms with E-state index < -0.39 is 66.4 Å². The number of ether oxygens (including phenoxy) is 18. The highest BCUT2D eigenvalue weighted by Crippen LogP contribution is 2.64. The molecule has 3 aliphatic heterocycles. The molecular weight excluding hydrogens is 1090 g/mol. The third-order valence-electron chi connectivity index (χ3n) is 15.1. The number of rotatable bonds is 20. The molecule has 21 heteroatoms. The average Bonchev–Trinajstić information content (AvgIpc) is 0.766. The van der Waals surface area contributed by atoms with Crippen molar-refractivity contribution in [2.75, 3.05) is 85.3 Å². The van der Waals surface area contributed by atoms with E-state index in [2.05, 4.69) is 0 Å². The van der Waals surface area contributed by atoms with E-state index in [0.29, 0.717) is 90.5 Å². The summed E-state index contributed by atoms with van der Waals surface area (Å²) in [5.41, 5.74) is 3.46. The van der Waals surface area contributed by atoms with E-state index >= 15 is 0 Å². The van der Waals surface area contributed by atoms with Crippen LogP contribution in [0.5, 0.6) is 86.2 Å². The first kappa shape index (κ1) is 59.4. The van der Waals surface area contributed by atoms with Crippen LogP contribution in [0.2, 0.25) is 0 Å². The molecule has 8 atom stereocenters. The maximum Gasteiger partial charge on any atom is 0.303 e. The molecule has 84 heavy (non-hydrogen) atoms. The molecule has 0 aliphatic carbocycles. The molecule has 3 aliphatic rings. The molecule has 0 N–H and O–H groups in total. The first-order valence-corrected chi connectivity index (χ1v) is 26.6. The van der Waals surface area contributed by atoms with Crippen LogP contribution in [0, 0.1) is 0 Å². The standard InChI is InChI=1S/C63H68O21/c1-30(64)79-49-29-40-57(83-54(49)33-16-21-41(69-6)44(22-33)71-8)53(51-39-20-18-37(68-5)28-43(39)82-55(62(51)80-31(2)65)34-23-45(72-9)59(76-13)46(24-34)73-10)61(78-15)52-50(38-19-17-36(67-4)27-42(38)70-7)63(81-32(3)66)56(84-58(40)52)35-25-47(74-11)60(77-14)48(26-35)75-12/h16-28,49-51,54-56,62-63H,29H2,1-15H3. The number of carbonyl (C=O) groups is 3. The van der Waals surface area contributed by atoms with E-state index in [9.17, 15) is 14.4 Å². The van der Waals surface area contributed by atoms with Crippen molar-refractivity contribution in [2.24, 2.45) is 0 Å². The number of methoxy groups -OCH3 is 12. The van der Waals surface area contributed by atoms with E-state index in [4.69, 9.17) is 85.3 Å². The smallest absolute Gasteiger partial charge is 0.303 e. The van der Waals surface area contributed by atoms with Crippen molar-refractivity contribution in [3.8, 4) is 86.2 Å². The van der Waals surface area contributed by atoms with Crippen molar-refractivity contribution >= 4 is 17.9 Å². The fraction of sp³-hybridized carbons (Fsp3) is 0.381. The Morgan fingerprint density at radius 2 is 0.810 bits per heavy atom. The van der Waals surface area contributed by atoms with E-state index in [1.54, 1.807) is 66.7 Å². The molecule has 446 valence electrons. The molecular formula is C63H68O21. The van der Waals surface area contributed by atoms with Crippen LogP contribution in [0.15, 0.2) is 78.9 Å². The second kappa shape index (κ2) is 25.1. The lowest BCUT2D eigenvalue weighted by atomic mass is 9.72. The lowest BCUT2D eigenvalue weighted by Crippen LogP contribution is -2.42. The molecule has 0 radical (unpaired) electrons. The molecule has 9 rings (SSSR count). The van der Waals surface area contributed by atoms with Gasteiger partial charge < -0.3 is 85.3 Å². The summed E-state index contributed by atoms with van der Waals surface area (Å²) in [6.45, 7) is 3.90. The summed E-state index contributed by atoms with van der Waals surface area (Å²) in [4.78, 5) is 41.4. The maximum atomic E-state index is 14.0. The summed E-state index contributed by atoms with van der Waals surface area (Å²) in [5.74, 6) is 0.522. The van der Waals surface area contributed by atoms with Gasteiger partial charge in [0.05, 0.1) is 97.2 Å². The Hall–Kier alpha value is -9.27. The van der Waals surface area contributed by atoms with Gasteiger partial charge in [-0.2, -0.15) is 0 Å². The number of hydrogen-bond donors (Lipinski definition) is 0. The highest BCUT2D eigenvalue weighted by Gasteiger charge is 2.54. The van der Waals surface area contributed by atoms with Gasteiger partial charge in [-0.25, -0.2) is 0 Å². The molecule has 0 fully saturated rings. The molecule has 6 aromatic carbocycles. The fourth-order valence-corrected chi connectivity index (χ4v) is 11.7. The van der Waals surface area contributed by atoms with Crippen LogP contribution in [-0.4, -0.2) is 122 Å². The van der Waals surface area contributed by atoms with Gasteiger partial charge in [0.15, 0.2) is 65.0 Å². The Labute approximate surface area is 486 Å². The minimum atomic E-state index is -1.29. The number of esters is 3. The number of fused-ring (bicyclic) bond motifs is 4. The summed E-state index contributed by atoms with van der Waals surface area (Å²) < 4.78 is 113. The van der Waals surface area contributed by atoms with Gasteiger partial charge in [0, 0.05) is 83.8 Å². The molecule has 0 saturated carbocycles. The predicted molar refractivity (Wildman–Crippen MR) is 301 cm³/mol. The maximum absolute atomic E-state index is 14.0. The molecule has 21 nitrogen and oxygen atoms in total. The lowest BCUT2D eigenvalue weighted by Gasteiger charge is -2.46. The third-order valence-corrected chi connectivity index (χ3v) is 15.1. The van der Waals surface area contributed by atoms with Gasteiger partial charge in [-0.15, -0.1) is 0 Å². The van der Waals surface area contributed by atoms with Crippen molar-refractivity contribution in [1.82, 2.24) is 0 Å². The summed E-state index contributed by atoms with van der Waals surface area (Å²) in [7, 11) is 18.0. The zero-order chi connectivity index (χ0) is 60.3. The molecule has 0 bridgehead atoms. The quantitative estimate of drug-likeness (QED) is 0.0513. The van der Waals surface area contributed by atoms with Gasteiger partial charge in [-0.05, 0) is 48.5 Å². The fourth-order valence-electron chi connectivity index (χ4n) is 11.7. The number of carbonyl (C=O) groups excluding carboxylic acids is 3.